The Labute approximate surface area is 171 Å². The molecule has 152 valence electrons. The number of benzene rings is 3. The van der Waals surface area contributed by atoms with Gasteiger partial charge in [-0.2, -0.15) is 0 Å². The van der Waals surface area contributed by atoms with Crippen LogP contribution in [0.4, 0.5) is 5.69 Å². The highest BCUT2D eigenvalue weighted by atomic mass is 32.2. The summed E-state index contributed by atoms with van der Waals surface area (Å²) >= 11 is 0. The van der Waals surface area contributed by atoms with E-state index >= 15 is 0 Å². The number of ether oxygens (including phenoxy) is 2. The topological polar surface area (TPSA) is 90.7 Å². The van der Waals surface area contributed by atoms with Crippen molar-refractivity contribution in [1.82, 2.24) is 4.72 Å². The maximum Gasteiger partial charge on any atom is 0.240 e. The molecule has 29 heavy (non-hydrogen) atoms. The van der Waals surface area contributed by atoms with Gasteiger partial charge in [-0.15, -0.1) is 0 Å². The zero-order chi connectivity index (χ0) is 20.9. The lowest BCUT2D eigenvalue weighted by molar-refractivity contribution is 0.284. The third-order valence-electron chi connectivity index (χ3n) is 4.40. The molecule has 3 aromatic rings. The normalized spacial score (nSPS) is 11.2. The molecule has 0 aromatic heterocycles. The van der Waals surface area contributed by atoms with Crippen molar-refractivity contribution in [1.29, 1.82) is 0 Å². The Morgan fingerprint density at radius 2 is 1.55 bits per heavy atom. The predicted octanol–water partition coefficient (Wildman–Crippen LogP) is 3.64. The summed E-state index contributed by atoms with van der Waals surface area (Å²) in [4.78, 5) is 0.164. The van der Waals surface area contributed by atoms with Crippen LogP contribution in [0.15, 0.2) is 71.6 Å². The molecule has 0 aliphatic carbocycles. The second kappa shape index (κ2) is 8.98. The van der Waals surface area contributed by atoms with E-state index in [1.54, 1.807) is 37.4 Å². The van der Waals surface area contributed by atoms with E-state index in [0.29, 0.717) is 23.8 Å². The van der Waals surface area contributed by atoms with E-state index in [2.05, 4.69) is 4.72 Å². The molecule has 0 bridgehead atoms. The average Bonchev–Trinajstić information content (AvgIpc) is 2.72. The summed E-state index contributed by atoms with van der Waals surface area (Å²) in [6.07, 6.45) is 0. The summed E-state index contributed by atoms with van der Waals surface area (Å²) in [7, 11) is -2.08. The molecule has 0 atom stereocenters. The van der Waals surface area contributed by atoms with Crippen molar-refractivity contribution in [3.63, 3.8) is 0 Å². The van der Waals surface area contributed by atoms with Crippen molar-refractivity contribution in [2.45, 2.75) is 25.0 Å². The summed E-state index contributed by atoms with van der Waals surface area (Å²) in [5.74, 6) is 1.14. The zero-order valence-electron chi connectivity index (χ0n) is 16.4. The Morgan fingerprint density at radius 1 is 0.897 bits per heavy atom. The number of hydrogen-bond acceptors (Lipinski definition) is 5. The van der Waals surface area contributed by atoms with Crippen molar-refractivity contribution in [3.8, 4) is 11.5 Å². The Balaban J connectivity index is 1.66. The minimum atomic E-state index is -3.63. The molecule has 0 heterocycles. The molecule has 0 radical (unpaired) electrons. The van der Waals surface area contributed by atoms with Crippen LogP contribution in [0.25, 0.3) is 0 Å². The standard InChI is InChI=1S/C22H24N2O4S/c1-16-3-5-17(6-4-16)15-28-21-12-7-18(13-22(21)27-2)14-24-29(25,26)20-10-8-19(23)9-11-20/h3-13,24H,14-15,23H2,1-2H3. The van der Waals surface area contributed by atoms with Crippen molar-refractivity contribution in [2.24, 2.45) is 0 Å². The van der Waals surface area contributed by atoms with Crippen LogP contribution in [-0.4, -0.2) is 15.5 Å². The van der Waals surface area contributed by atoms with Gasteiger partial charge in [-0.05, 0) is 54.4 Å². The number of methoxy groups -OCH3 is 1. The molecule has 0 amide bonds. The van der Waals surface area contributed by atoms with Crippen LogP contribution in [0.5, 0.6) is 11.5 Å². The van der Waals surface area contributed by atoms with Crippen LogP contribution in [-0.2, 0) is 23.2 Å². The van der Waals surface area contributed by atoms with Crippen molar-refractivity contribution in [2.75, 3.05) is 12.8 Å². The second-order valence-electron chi connectivity index (χ2n) is 6.65. The van der Waals surface area contributed by atoms with Crippen LogP contribution in [0.2, 0.25) is 0 Å². The quantitative estimate of drug-likeness (QED) is 0.551. The van der Waals surface area contributed by atoms with Gasteiger partial charge in [-0.3, -0.25) is 0 Å². The molecule has 0 fully saturated rings. The molecule has 3 rings (SSSR count). The predicted molar refractivity (Wildman–Crippen MR) is 113 cm³/mol. The van der Waals surface area contributed by atoms with Gasteiger partial charge in [0.05, 0.1) is 12.0 Å². The van der Waals surface area contributed by atoms with Crippen LogP contribution in [0, 0.1) is 6.92 Å². The van der Waals surface area contributed by atoms with Crippen molar-refractivity contribution >= 4 is 15.7 Å². The number of nitrogens with one attached hydrogen (secondary N) is 1. The van der Waals surface area contributed by atoms with E-state index in [1.807, 2.05) is 31.2 Å². The molecular formula is C22H24N2O4S. The van der Waals surface area contributed by atoms with Gasteiger partial charge in [0.15, 0.2) is 11.5 Å². The summed E-state index contributed by atoms with van der Waals surface area (Å²) in [6, 6.07) is 19.5. The summed E-state index contributed by atoms with van der Waals surface area (Å²) in [6.45, 7) is 2.58. The largest absolute Gasteiger partial charge is 0.493 e. The first-order chi connectivity index (χ1) is 13.9. The number of nitrogen functional groups attached to an aromatic ring is 1. The molecule has 3 N–H and O–H groups in total. The molecule has 0 spiro atoms. The molecule has 0 saturated heterocycles. The molecular weight excluding hydrogens is 388 g/mol. The molecule has 0 unspecified atom stereocenters. The summed E-state index contributed by atoms with van der Waals surface area (Å²) in [5, 5.41) is 0. The van der Waals surface area contributed by atoms with E-state index in [0.717, 1.165) is 11.1 Å². The minimum Gasteiger partial charge on any atom is -0.493 e. The minimum absolute atomic E-state index is 0.126. The van der Waals surface area contributed by atoms with Crippen molar-refractivity contribution < 1.29 is 17.9 Å². The second-order valence-corrected chi connectivity index (χ2v) is 8.42. The highest BCUT2D eigenvalue weighted by Crippen LogP contribution is 2.29. The molecule has 3 aromatic carbocycles. The van der Waals surface area contributed by atoms with E-state index in [1.165, 1.54) is 17.7 Å². The van der Waals surface area contributed by atoms with Crippen LogP contribution >= 0.6 is 0 Å². The van der Waals surface area contributed by atoms with Gasteiger partial charge in [0.25, 0.3) is 0 Å². The zero-order valence-corrected chi connectivity index (χ0v) is 17.2. The first-order valence-corrected chi connectivity index (χ1v) is 10.6. The average molecular weight is 413 g/mol. The van der Waals surface area contributed by atoms with Gasteiger partial charge < -0.3 is 15.2 Å². The summed E-state index contributed by atoms with van der Waals surface area (Å²) < 4.78 is 38.7. The van der Waals surface area contributed by atoms with Crippen LogP contribution < -0.4 is 19.9 Å². The van der Waals surface area contributed by atoms with E-state index in [-0.39, 0.29) is 11.4 Å². The third kappa shape index (κ3) is 5.49. The Kier molecular flexibility index (Phi) is 6.41. The highest BCUT2D eigenvalue weighted by molar-refractivity contribution is 7.89. The van der Waals surface area contributed by atoms with Crippen LogP contribution in [0.3, 0.4) is 0 Å². The number of anilines is 1. The fourth-order valence-corrected chi connectivity index (χ4v) is 3.71. The van der Waals surface area contributed by atoms with E-state index < -0.39 is 10.0 Å². The van der Waals surface area contributed by atoms with Gasteiger partial charge in [0, 0.05) is 12.2 Å². The monoisotopic (exact) mass is 412 g/mol. The van der Waals surface area contributed by atoms with Crippen molar-refractivity contribution in [3.05, 3.63) is 83.4 Å². The van der Waals surface area contributed by atoms with E-state index in [4.69, 9.17) is 15.2 Å². The SMILES string of the molecule is COc1cc(CNS(=O)(=O)c2ccc(N)cc2)ccc1OCc1ccc(C)cc1. The fourth-order valence-electron chi connectivity index (χ4n) is 2.70. The number of hydrogen-bond donors (Lipinski definition) is 2. The lowest BCUT2D eigenvalue weighted by atomic mass is 10.1. The maximum absolute atomic E-state index is 12.4. The van der Waals surface area contributed by atoms with Crippen LogP contribution in [0.1, 0.15) is 16.7 Å². The first kappa shape index (κ1) is 20.7. The molecule has 0 aliphatic rings. The number of sulfonamides is 1. The number of rotatable bonds is 8. The van der Waals surface area contributed by atoms with E-state index in [9.17, 15) is 8.42 Å². The van der Waals surface area contributed by atoms with Gasteiger partial charge in [0.2, 0.25) is 10.0 Å². The smallest absolute Gasteiger partial charge is 0.240 e. The molecule has 6 nitrogen and oxygen atoms in total. The van der Waals surface area contributed by atoms with Gasteiger partial charge in [-0.1, -0.05) is 35.9 Å². The highest BCUT2D eigenvalue weighted by Gasteiger charge is 2.14. The Hall–Kier alpha value is -3.03. The first-order valence-electron chi connectivity index (χ1n) is 9.08. The molecule has 7 heteroatoms. The Morgan fingerprint density at radius 3 is 2.21 bits per heavy atom. The van der Waals surface area contributed by atoms with Gasteiger partial charge in [0.1, 0.15) is 6.61 Å². The third-order valence-corrected chi connectivity index (χ3v) is 5.82. The molecule has 0 aliphatic heterocycles. The van der Waals surface area contributed by atoms with Gasteiger partial charge in [-0.25, -0.2) is 13.1 Å². The lowest BCUT2D eigenvalue weighted by Crippen LogP contribution is -2.23. The number of aryl methyl sites for hydroxylation is 1. The summed E-state index contributed by atoms with van der Waals surface area (Å²) in [5.41, 5.74) is 9.12. The van der Waals surface area contributed by atoms with Gasteiger partial charge >= 0.3 is 0 Å². The maximum atomic E-state index is 12.4. The lowest BCUT2D eigenvalue weighted by Gasteiger charge is -2.13. The number of nitrogens with two attached hydrogens (primary N) is 1. The Bertz CT molecular complexity index is 1060. The molecule has 0 saturated carbocycles. The fraction of sp³-hybridized carbons (Fsp3) is 0.182.